The fourth-order valence-electron chi connectivity index (χ4n) is 6.19. The van der Waals surface area contributed by atoms with Gasteiger partial charge in [0.05, 0.1) is 17.7 Å². The van der Waals surface area contributed by atoms with Crippen LogP contribution in [0.25, 0.3) is 5.69 Å². The van der Waals surface area contributed by atoms with E-state index in [0.29, 0.717) is 30.6 Å². The number of aromatic hydroxyl groups is 1. The first-order valence-electron chi connectivity index (χ1n) is 16.9. The average Bonchev–Trinajstić information content (AvgIpc) is 3.79. The number of hydrogen-bond donors (Lipinski definition) is 4. The predicted molar refractivity (Wildman–Crippen MR) is 183 cm³/mol. The van der Waals surface area contributed by atoms with Crippen LogP contribution in [0.2, 0.25) is 0 Å². The molecule has 1 aromatic heterocycles. The standard InChI is InChI=1S/C36H45N7O7/c1-22(2)31-34(47)37-15-14-24-12-13-30(44)28(17-24)42-19-26(38-21-42)18-29(41(4)36(49)50-20-25-9-6-5-7-10-25)35(48)43-16-8-11-27(43)33(46)39-23(3)32(45)40-31/h5-7,9-10,12-13,17,19,21-23,27,29,31,44H,8,11,14-16,18,20H2,1-4H3,(H,37,47)(H,39,46)(H,40,45)/t23-,27-,29-,31-/m0/s1. The number of nitrogens with one attached hydrogen (secondary N) is 3. The van der Waals surface area contributed by atoms with E-state index < -0.39 is 48.0 Å². The maximum absolute atomic E-state index is 14.3. The molecule has 0 unspecified atom stereocenters. The molecule has 4 atom stereocenters. The molecule has 0 aliphatic carbocycles. The minimum Gasteiger partial charge on any atom is -0.506 e. The largest absolute Gasteiger partial charge is 0.506 e. The number of nitrogens with zero attached hydrogens (tertiary/aromatic N) is 4. The van der Waals surface area contributed by atoms with Crippen LogP contribution in [0.5, 0.6) is 5.75 Å². The number of imidazole rings is 1. The van der Waals surface area contributed by atoms with Crippen LogP contribution in [0.3, 0.4) is 0 Å². The number of likely N-dealkylation sites (N-methyl/N-ethyl adjacent to an activating group) is 1. The normalized spacial score (nSPS) is 22.1. The summed E-state index contributed by atoms with van der Waals surface area (Å²) < 4.78 is 7.19. The zero-order valence-corrected chi connectivity index (χ0v) is 28.8. The Kier molecular flexibility index (Phi) is 11.4. The molecule has 5 rings (SSSR count). The summed E-state index contributed by atoms with van der Waals surface area (Å²) in [7, 11) is 1.47. The quantitative estimate of drug-likeness (QED) is 0.323. The summed E-state index contributed by atoms with van der Waals surface area (Å²) in [6, 6.07) is 10.4. The Morgan fingerprint density at radius 1 is 1.06 bits per heavy atom. The van der Waals surface area contributed by atoms with Gasteiger partial charge >= 0.3 is 6.09 Å². The van der Waals surface area contributed by atoms with Gasteiger partial charge in [0.25, 0.3) is 0 Å². The lowest BCUT2D eigenvalue weighted by atomic mass is 10.0. The van der Waals surface area contributed by atoms with Gasteiger partial charge in [0.15, 0.2) is 0 Å². The van der Waals surface area contributed by atoms with E-state index in [9.17, 15) is 29.1 Å². The second-order valence-electron chi connectivity index (χ2n) is 13.2. The molecule has 1 saturated heterocycles. The third-order valence-electron chi connectivity index (χ3n) is 9.15. The molecule has 1 fully saturated rings. The van der Waals surface area contributed by atoms with E-state index in [1.54, 1.807) is 29.0 Å². The van der Waals surface area contributed by atoms with E-state index in [4.69, 9.17) is 4.74 Å². The van der Waals surface area contributed by atoms with Gasteiger partial charge in [-0.1, -0.05) is 50.2 Å². The third-order valence-corrected chi connectivity index (χ3v) is 9.15. The van der Waals surface area contributed by atoms with Gasteiger partial charge in [-0.3, -0.25) is 24.1 Å². The first-order valence-corrected chi connectivity index (χ1v) is 16.9. The SMILES string of the molecule is CC(C)[C@@H]1NC(=O)[C@H](C)NC(=O)[C@@H]2CCCN2C(=O)[C@@H](N(C)C(=O)OCc2ccccc2)Cc2cn(cn2)-c2cc(ccc2O)CCNC1=O. The molecule has 2 aliphatic heterocycles. The first kappa shape index (κ1) is 35.9. The highest BCUT2D eigenvalue weighted by atomic mass is 16.6. The van der Waals surface area contributed by atoms with Crippen LogP contribution in [-0.2, 0) is 43.4 Å². The summed E-state index contributed by atoms with van der Waals surface area (Å²) in [6.07, 6.45) is 3.80. The van der Waals surface area contributed by atoms with Crippen molar-refractivity contribution in [3.63, 3.8) is 0 Å². The molecule has 0 radical (unpaired) electrons. The number of phenols is 1. The number of aromatic nitrogens is 2. The fraction of sp³-hybridized carbons (Fsp3) is 0.444. The van der Waals surface area contributed by atoms with Crippen molar-refractivity contribution in [3.05, 3.63) is 77.9 Å². The number of carbonyl (C=O) groups excluding carboxylic acids is 5. The highest BCUT2D eigenvalue weighted by molar-refractivity contribution is 5.95. The van der Waals surface area contributed by atoms with Crippen LogP contribution < -0.4 is 16.0 Å². The molecule has 14 heteroatoms. The summed E-state index contributed by atoms with van der Waals surface area (Å²) in [5.74, 6) is -2.12. The summed E-state index contributed by atoms with van der Waals surface area (Å²) in [5.41, 5.74) is 2.51. The monoisotopic (exact) mass is 687 g/mol. The molecule has 3 heterocycles. The number of benzene rings is 2. The summed E-state index contributed by atoms with van der Waals surface area (Å²) in [5, 5.41) is 19.1. The van der Waals surface area contributed by atoms with Crippen molar-refractivity contribution in [1.82, 2.24) is 35.3 Å². The lowest BCUT2D eigenvalue weighted by Gasteiger charge is -2.33. The Hall–Kier alpha value is -5.40. The van der Waals surface area contributed by atoms with Crippen molar-refractivity contribution in [2.24, 2.45) is 5.92 Å². The molecule has 2 aromatic carbocycles. The number of ether oxygens (including phenoxy) is 1. The smallest absolute Gasteiger partial charge is 0.410 e. The first-order chi connectivity index (χ1) is 23.9. The van der Waals surface area contributed by atoms with Gasteiger partial charge < -0.3 is 35.3 Å². The van der Waals surface area contributed by atoms with E-state index in [0.717, 1.165) is 11.1 Å². The van der Waals surface area contributed by atoms with E-state index in [-0.39, 0.29) is 43.7 Å². The van der Waals surface area contributed by atoms with Crippen LogP contribution in [0.15, 0.2) is 61.1 Å². The van der Waals surface area contributed by atoms with Crippen molar-refractivity contribution >= 4 is 29.7 Å². The van der Waals surface area contributed by atoms with Crippen LogP contribution in [0, 0.1) is 5.92 Å². The van der Waals surface area contributed by atoms with Crippen LogP contribution >= 0.6 is 0 Å². The van der Waals surface area contributed by atoms with Crippen molar-refractivity contribution in [3.8, 4) is 11.4 Å². The molecular weight excluding hydrogens is 642 g/mol. The molecule has 14 nitrogen and oxygen atoms in total. The number of phenolic OH excluding ortho intramolecular Hbond substituents is 1. The van der Waals surface area contributed by atoms with Crippen molar-refractivity contribution in [2.75, 3.05) is 20.1 Å². The van der Waals surface area contributed by atoms with Gasteiger partial charge in [-0.2, -0.15) is 0 Å². The summed E-state index contributed by atoms with van der Waals surface area (Å²) in [4.78, 5) is 74.7. The lowest BCUT2D eigenvalue weighted by molar-refractivity contribution is -0.142. The molecular formula is C36H45N7O7. The van der Waals surface area contributed by atoms with Crippen molar-refractivity contribution in [1.29, 1.82) is 0 Å². The maximum atomic E-state index is 14.3. The Morgan fingerprint density at radius 3 is 2.56 bits per heavy atom. The van der Waals surface area contributed by atoms with Gasteiger partial charge in [-0.15, -0.1) is 0 Å². The molecule has 0 saturated carbocycles. The zero-order chi connectivity index (χ0) is 35.9. The van der Waals surface area contributed by atoms with Crippen molar-refractivity contribution in [2.45, 2.75) is 77.2 Å². The molecule has 2 aliphatic rings. The molecule has 4 bridgehead atoms. The number of rotatable bonds is 4. The van der Waals surface area contributed by atoms with Gasteiger partial charge in [-0.25, -0.2) is 9.78 Å². The van der Waals surface area contributed by atoms with Gasteiger partial charge in [-0.05, 0) is 55.4 Å². The van der Waals surface area contributed by atoms with E-state index in [1.165, 1.54) is 30.1 Å². The Balaban J connectivity index is 1.47. The second kappa shape index (κ2) is 15.9. The lowest BCUT2D eigenvalue weighted by Crippen LogP contribution is -2.58. The number of fused-ring (bicyclic) bond motifs is 6. The van der Waals surface area contributed by atoms with Gasteiger partial charge in [0.2, 0.25) is 23.6 Å². The third kappa shape index (κ3) is 8.41. The van der Waals surface area contributed by atoms with Crippen LogP contribution in [0.1, 0.15) is 50.4 Å². The van der Waals surface area contributed by atoms with Crippen LogP contribution in [-0.4, -0.2) is 98.5 Å². The van der Waals surface area contributed by atoms with Gasteiger partial charge in [0, 0.05) is 32.8 Å². The second-order valence-corrected chi connectivity index (χ2v) is 13.2. The van der Waals surface area contributed by atoms with E-state index >= 15 is 0 Å². The Labute approximate surface area is 291 Å². The minimum absolute atomic E-state index is 0.00263. The number of hydrogen-bond acceptors (Lipinski definition) is 8. The number of carbonyl (C=O) groups is 5. The van der Waals surface area contributed by atoms with Crippen molar-refractivity contribution < 1.29 is 33.8 Å². The zero-order valence-electron chi connectivity index (χ0n) is 28.8. The fourth-order valence-corrected chi connectivity index (χ4v) is 6.19. The van der Waals surface area contributed by atoms with E-state index in [1.807, 2.05) is 44.2 Å². The molecule has 0 spiro atoms. The minimum atomic E-state index is -1.09. The predicted octanol–water partition coefficient (Wildman–Crippen LogP) is 2.07. The van der Waals surface area contributed by atoms with Crippen LogP contribution in [0.4, 0.5) is 4.79 Å². The van der Waals surface area contributed by atoms with E-state index in [2.05, 4.69) is 20.9 Å². The van der Waals surface area contributed by atoms with Gasteiger partial charge in [0.1, 0.15) is 36.5 Å². The molecule has 3 aromatic rings. The average molecular weight is 688 g/mol. The highest BCUT2D eigenvalue weighted by Crippen LogP contribution is 2.25. The topological polar surface area (TPSA) is 175 Å². The molecule has 266 valence electrons. The highest BCUT2D eigenvalue weighted by Gasteiger charge is 2.41. The molecule has 5 amide bonds. The molecule has 50 heavy (non-hydrogen) atoms. The number of amides is 5. The Bertz CT molecular complexity index is 1710. The Morgan fingerprint density at radius 2 is 1.82 bits per heavy atom. The maximum Gasteiger partial charge on any atom is 0.410 e. The summed E-state index contributed by atoms with van der Waals surface area (Å²) in [6.45, 7) is 5.70. The molecule has 4 N–H and O–H groups in total. The summed E-state index contributed by atoms with van der Waals surface area (Å²) >= 11 is 0.